The number of piperazine rings is 1. The van der Waals surface area contributed by atoms with Crippen LogP contribution < -0.4 is 5.32 Å². The van der Waals surface area contributed by atoms with Crippen molar-refractivity contribution in [2.24, 2.45) is 0 Å². The molecule has 0 bridgehead atoms. The van der Waals surface area contributed by atoms with Crippen LogP contribution in [0.3, 0.4) is 0 Å². The molecule has 0 radical (unpaired) electrons. The maximum Gasteiger partial charge on any atom is 0.0167 e. The Morgan fingerprint density at radius 1 is 1.21 bits per heavy atom. The van der Waals surface area contributed by atoms with Crippen LogP contribution in [0.2, 0.25) is 0 Å². The van der Waals surface area contributed by atoms with Gasteiger partial charge in [-0.3, -0.25) is 0 Å². The highest BCUT2D eigenvalue weighted by atomic mass is 15.2. The van der Waals surface area contributed by atoms with Crippen molar-refractivity contribution < 1.29 is 0 Å². The number of hydrogen-bond acceptors (Lipinski definition) is 2. The molecule has 84 valence electrons. The van der Waals surface area contributed by atoms with E-state index in [-0.39, 0.29) is 0 Å². The maximum absolute atomic E-state index is 3.48. The van der Waals surface area contributed by atoms with Crippen molar-refractivity contribution in [3.05, 3.63) is 0 Å². The van der Waals surface area contributed by atoms with Gasteiger partial charge in [0, 0.05) is 25.7 Å². The summed E-state index contributed by atoms with van der Waals surface area (Å²) in [5.41, 5.74) is 0. The van der Waals surface area contributed by atoms with Gasteiger partial charge in [0.2, 0.25) is 0 Å². The number of hydrogen-bond donors (Lipinski definition) is 1. The molecule has 0 aliphatic carbocycles. The molecule has 2 nitrogen and oxygen atoms in total. The van der Waals surface area contributed by atoms with E-state index in [0.29, 0.717) is 6.04 Å². The lowest BCUT2D eigenvalue weighted by Gasteiger charge is -2.31. The smallest absolute Gasteiger partial charge is 0.0167 e. The molecule has 2 heteroatoms. The van der Waals surface area contributed by atoms with Crippen LogP contribution in [0.5, 0.6) is 0 Å². The first kappa shape index (κ1) is 12.0. The van der Waals surface area contributed by atoms with Gasteiger partial charge in [-0.25, -0.2) is 0 Å². The Kier molecular flexibility index (Phi) is 6.20. The molecule has 1 aliphatic rings. The zero-order chi connectivity index (χ0) is 10.2. The van der Waals surface area contributed by atoms with Gasteiger partial charge in [0.25, 0.3) is 0 Å². The summed E-state index contributed by atoms with van der Waals surface area (Å²) in [6.45, 7) is 9.54. The Balaban J connectivity index is 1.95. The molecule has 1 saturated heterocycles. The molecule has 1 fully saturated rings. The van der Waals surface area contributed by atoms with Gasteiger partial charge >= 0.3 is 0 Å². The van der Waals surface area contributed by atoms with E-state index in [9.17, 15) is 0 Å². The number of unbranched alkanes of at least 4 members (excludes halogenated alkanes) is 4. The van der Waals surface area contributed by atoms with E-state index < -0.39 is 0 Å². The van der Waals surface area contributed by atoms with E-state index in [4.69, 9.17) is 0 Å². The molecular formula is C12H26N2. The second kappa shape index (κ2) is 7.24. The average Bonchev–Trinajstić information content (AvgIpc) is 2.18. The summed E-state index contributed by atoms with van der Waals surface area (Å²) in [4.78, 5) is 2.60. The summed E-state index contributed by atoms with van der Waals surface area (Å²) < 4.78 is 0. The van der Waals surface area contributed by atoms with Gasteiger partial charge in [-0.2, -0.15) is 0 Å². The predicted octanol–water partition coefficient (Wildman–Crippen LogP) is 2.25. The molecule has 1 rings (SSSR count). The lowest BCUT2D eigenvalue weighted by Crippen LogP contribution is -2.49. The summed E-state index contributed by atoms with van der Waals surface area (Å²) in [6.07, 6.45) is 7.01. The molecule has 14 heavy (non-hydrogen) atoms. The summed E-state index contributed by atoms with van der Waals surface area (Å²) in [6, 6.07) is 0.694. The normalized spacial score (nSPS) is 24.0. The summed E-state index contributed by atoms with van der Waals surface area (Å²) >= 11 is 0. The lowest BCUT2D eigenvalue weighted by molar-refractivity contribution is 0.203. The van der Waals surface area contributed by atoms with E-state index in [2.05, 4.69) is 24.1 Å². The number of rotatable bonds is 6. The highest BCUT2D eigenvalue weighted by molar-refractivity contribution is 4.74. The first-order valence-electron chi connectivity index (χ1n) is 6.28. The Morgan fingerprint density at radius 2 is 2.00 bits per heavy atom. The Labute approximate surface area is 89.1 Å². The minimum atomic E-state index is 0.694. The van der Waals surface area contributed by atoms with Crippen LogP contribution in [-0.4, -0.2) is 37.1 Å². The van der Waals surface area contributed by atoms with Crippen LogP contribution in [0.1, 0.15) is 46.0 Å². The van der Waals surface area contributed by atoms with Crippen molar-refractivity contribution in [2.45, 2.75) is 52.0 Å². The monoisotopic (exact) mass is 198 g/mol. The first-order chi connectivity index (χ1) is 6.83. The average molecular weight is 198 g/mol. The third-order valence-electron chi connectivity index (χ3n) is 3.03. The van der Waals surface area contributed by atoms with Gasteiger partial charge in [0.1, 0.15) is 0 Å². The lowest BCUT2D eigenvalue weighted by atomic mass is 10.1. The molecule has 1 heterocycles. The summed E-state index contributed by atoms with van der Waals surface area (Å²) in [5.74, 6) is 0. The predicted molar refractivity (Wildman–Crippen MR) is 62.7 cm³/mol. The Morgan fingerprint density at radius 3 is 2.71 bits per heavy atom. The molecule has 1 aliphatic heterocycles. The zero-order valence-corrected chi connectivity index (χ0v) is 9.89. The molecule has 0 saturated carbocycles. The van der Waals surface area contributed by atoms with Crippen molar-refractivity contribution in [1.29, 1.82) is 0 Å². The minimum Gasteiger partial charge on any atom is -0.312 e. The van der Waals surface area contributed by atoms with Gasteiger partial charge in [-0.1, -0.05) is 32.6 Å². The number of nitrogens with one attached hydrogen (secondary N) is 1. The van der Waals surface area contributed by atoms with Gasteiger partial charge in [0.15, 0.2) is 0 Å². The fourth-order valence-corrected chi connectivity index (χ4v) is 2.15. The fraction of sp³-hybridized carbons (Fsp3) is 1.00. The number of nitrogens with zero attached hydrogens (tertiary/aromatic N) is 1. The van der Waals surface area contributed by atoms with Crippen molar-refractivity contribution >= 4 is 0 Å². The quantitative estimate of drug-likeness (QED) is 0.659. The van der Waals surface area contributed by atoms with Crippen LogP contribution in [0, 0.1) is 0 Å². The zero-order valence-electron chi connectivity index (χ0n) is 9.89. The first-order valence-corrected chi connectivity index (χ1v) is 6.28. The molecule has 0 aromatic rings. The Hall–Kier alpha value is -0.0800. The van der Waals surface area contributed by atoms with Crippen molar-refractivity contribution in [3.8, 4) is 0 Å². The molecular weight excluding hydrogens is 172 g/mol. The van der Waals surface area contributed by atoms with E-state index in [0.717, 1.165) is 0 Å². The molecule has 0 unspecified atom stereocenters. The fourth-order valence-electron chi connectivity index (χ4n) is 2.15. The second-order valence-electron chi connectivity index (χ2n) is 4.57. The van der Waals surface area contributed by atoms with Gasteiger partial charge in [-0.05, 0) is 19.9 Å². The van der Waals surface area contributed by atoms with Crippen LogP contribution >= 0.6 is 0 Å². The standard InChI is InChI=1S/C12H26N2/c1-3-4-5-6-7-9-14-10-8-13-12(2)11-14/h12-13H,3-11H2,1-2H3/t12-/m1/s1. The third kappa shape index (κ3) is 4.97. The highest BCUT2D eigenvalue weighted by Gasteiger charge is 2.14. The van der Waals surface area contributed by atoms with E-state index in [1.54, 1.807) is 0 Å². The second-order valence-corrected chi connectivity index (χ2v) is 4.57. The molecule has 0 aromatic heterocycles. The third-order valence-corrected chi connectivity index (χ3v) is 3.03. The van der Waals surface area contributed by atoms with Crippen LogP contribution in [0.4, 0.5) is 0 Å². The summed E-state index contributed by atoms with van der Waals surface area (Å²) in [7, 11) is 0. The van der Waals surface area contributed by atoms with Crippen LogP contribution in [-0.2, 0) is 0 Å². The summed E-state index contributed by atoms with van der Waals surface area (Å²) in [5, 5.41) is 3.48. The molecule has 0 amide bonds. The van der Waals surface area contributed by atoms with Gasteiger partial charge in [-0.15, -0.1) is 0 Å². The van der Waals surface area contributed by atoms with Crippen molar-refractivity contribution in [3.63, 3.8) is 0 Å². The largest absolute Gasteiger partial charge is 0.312 e. The van der Waals surface area contributed by atoms with E-state index in [1.165, 1.54) is 58.3 Å². The minimum absolute atomic E-state index is 0.694. The maximum atomic E-state index is 3.48. The van der Waals surface area contributed by atoms with Gasteiger partial charge < -0.3 is 10.2 Å². The van der Waals surface area contributed by atoms with Gasteiger partial charge in [0.05, 0.1) is 0 Å². The SMILES string of the molecule is CCCCCCCN1CCN[C@H](C)C1. The molecule has 1 N–H and O–H groups in total. The van der Waals surface area contributed by atoms with Crippen molar-refractivity contribution in [2.75, 3.05) is 26.2 Å². The molecule has 0 aromatic carbocycles. The Bertz CT molecular complexity index is 136. The topological polar surface area (TPSA) is 15.3 Å². The van der Waals surface area contributed by atoms with Crippen LogP contribution in [0.25, 0.3) is 0 Å². The molecule has 0 spiro atoms. The van der Waals surface area contributed by atoms with E-state index in [1.807, 2.05) is 0 Å². The molecule has 1 atom stereocenters. The van der Waals surface area contributed by atoms with E-state index >= 15 is 0 Å². The van der Waals surface area contributed by atoms with Crippen molar-refractivity contribution in [1.82, 2.24) is 10.2 Å². The highest BCUT2D eigenvalue weighted by Crippen LogP contribution is 2.05. The van der Waals surface area contributed by atoms with Crippen LogP contribution in [0.15, 0.2) is 0 Å².